The van der Waals surface area contributed by atoms with Crippen molar-refractivity contribution >= 4 is 29.2 Å². The summed E-state index contributed by atoms with van der Waals surface area (Å²) < 4.78 is 0. The Kier molecular flexibility index (Phi) is 4.48. The molecule has 1 fully saturated rings. The van der Waals surface area contributed by atoms with Crippen LogP contribution in [-0.4, -0.2) is 29.9 Å². The fraction of sp³-hybridized carbons (Fsp3) is 0.176. The Bertz CT molecular complexity index is 704. The lowest BCUT2D eigenvalue weighted by molar-refractivity contribution is -0.127. The summed E-state index contributed by atoms with van der Waals surface area (Å²) >= 11 is 5.90. The molecule has 1 aliphatic rings. The molecule has 6 heteroatoms. The molecule has 1 aliphatic heterocycles. The Morgan fingerprint density at radius 2 is 1.83 bits per heavy atom. The van der Waals surface area contributed by atoms with Gasteiger partial charge in [0.2, 0.25) is 5.91 Å². The van der Waals surface area contributed by atoms with Crippen LogP contribution in [0.4, 0.5) is 10.5 Å². The molecular weight excluding hydrogens is 314 g/mol. The first-order chi connectivity index (χ1) is 11.1. The van der Waals surface area contributed by atoms with Crippen molar-refractivity contribution < 1.29 is 9.59 Å². The zero-order valence-corrected chi connectivity index (χ0v) is 13.1. The molecule has 3 amide bonds. The van der Waals surface area contributed by atoms with Crippen molar-refractivity contribution in [1.29, 1.82) is 0 Å². The molecule has 23 heavy (non-hydrogen) atoms. The van der Waals surface area contributed by atoms with Crippen molar-refractivity contribution in [3.63, 3.8) is 0 Å². The third kappa shape index (κ3) is 3.46. The lowest BCUT2D eigenvalue weighted by atomic mass is 10.0. The second-order valence-corrected chi connectivity index (χ2v) is 5.67. The van der Waals surface area contributed by atoms with E-state index in [1.807, 2.05) is 18.2 Å². The molecule has 0 aromatic heterocycles. The third-order valence-corrected chi connectivity index (χ3v) is 3.94. The molecule has 118 valence electrons. The molecule has 0 radical (unpaired) electrons. The average Bonchev–Trinajstić information content (AvgIpc) is 2.56. The number of rotatable bonds is 2. The van der Waals surface area contributed by atoms with Gasteiger partial charge in [-0.25, -0.2) is 4.79 Å². The molecule has 3 rings (SSSR count). The van der Waals surface area contributed by atoms with Crippen LogP contribution in [0.3, 0.4) is 0 Å². The first kappa shape index (κ1) is 15.4. The number of carbonyl (C=O) groups is 2. The molecule has 2 aromatic carbocycles. The summed E-state index contributed by atoms with van der Waals surface area (Å²) in [6.07, 6.45) is 0. The first-order valence-corrected chi connectivity index (χ1v) is 7.69. The number of anilines is 1. The van der Waals surface area contributed by atoms with Gasteiger partial charge >= 0.3 is 6.03 Å². The average molecular weight is 330 g/mol. The van der Waals surface area contributed by atoms with E-state index in [2.05, 4.69) is 10.6 Å². The van der Waals surface area contributed by atoms with Crippen molar-refractivity contribution in [2.75, 3.05) is 18.4 Å². The van der Waals surface area contributed by atoms with Gasteiger partial charge < -0.3 is 15.5 Å². The number of urea groups is 1. The van der Waals surface area contributed by atoms with Crippen LogP contribution in [0.5, 0.6) is 0 Å². The van der Waals surface area contributed by atoms with Crippen LogP contribution < -0.4 is 10.6 Å². The van der Waals surface area contributed by atoms with Gasteiger partial charge in [0, 0.05) is 23.8 Å². The molecule has 0 aliphatic carbocycles. The summed E-state index contributed by atoms with van der Waals surface area (Å²) in [6.45, 7) is 0.878. The summed E-state index contributed by atoms with van der Waals surface area (Å²) in [6, 6.07) is 15.2. The summed E-state index contributed by atoms with van der Waals surface area (Å²) in [5.74, 6) is -0.193. The number of carbonyl (C=O) groups excluding carboxylic acids is 2. The Balaban J connectivity index is 1.84. The molecule has 0 bridgehead atoms. The molecule has 1 saturated heterocycles. The summed E-state index contributed by atoms with van der Waals surface area (Å²) in [5, 5.41) is 6.21. The number of nitrogens with zero attached hydrogens (tertiary/aromatic N) is 1. The summed E-state index contributed by atoms with van der Waals surface area (Å²) in [4.78, 5) is 26.4. The highest BCUT2D eigenvalue weighted by atomic mass is 35.5. The fourth-order valence-corrected chi connectivity index (χ4v) is 2.70. The van der Waals surface area contributed by atoms with Gasteiger partial charge in [0.25, 0.3) is 0 Å². The van der Waals surface area contributed by atoms with Gasteiger partial charge in [0.1, 0.15) is 6.04 Å². The largest absolute Gasteiger partial charge is 0.352 e. The van der Waals surface area contributed by atoms with E-state index in [1.54, 1.807) is 36.4 Å². The number of hydrogen-bond acceptors (Lipinski definition) is 2. The van der Waals surface area contributed by atoms with Gasteiger partial charge in [-0.1, -0.05) is 41.9 Å². The molecule has 0 spiro atoms. The number of para-hydroxylation sites is 1. The quantitative estimate of drug-likeness (QED) is 0.889. The number of piperazine rings is 1. The van der Waals surface area contributed by atoms with Crippen molar-refractivity contribution in [2.24, 2.45) is 0 Å². The summed E-state index contributed by atoms with van der Waals surface area (Å²) in [5.41, 5.74) is 1.42. The van der Waals surface area contributed by atoms with Gasteiger partial charge in [-0.05, 0) is 29.8 Å². The maximum Gasteiger partial charge on any atom is 0.322 e. The van der Waals surface area contributed by atoms with Crippen LogP contribution >= 0.6 is 11.6 Å². The fourth-order valence-electron chi connectivity index (χ4n) is 2.58. The minimum Gasteiger partial charge on any atom is -0.352 e. The predicted molar refractivity (Wildman–Crippen MR) is 89.4 cm³/mol. The van der Waals surface area contributed by atoms with Crippen LogP contribution in [0.15, 0.2) is 54.6 Å². The number of nitrogens with one attached hydrogen (secondary N) is 2. The normalized spacial score (nSPS) is 17.5. The number of hydrogen-bond donors (Lipinski definition) is 2. The van der Waals surface area contributed by atoms with Crippen LogP contribution in [0.1, 0.15) is 11.6 Å². The third-order valence-electron chi connectivity index (χ3n) is 3.68. The maximum atomic E-state index is 12.6. The number of benzene rings is 2. The maximum absolute atomic E-state index is 12.6. The molecule has 1 atom stereocenters. The highest BCUT2D eigenvalue weighted by molar-refractivity contribution is 6.30. The second kappa shape index (κ2) is 6.71. The Hall–Kier alpha value is -2.53. The van der Waals surface area contributed by atoms with Crippen molar-refractivity contribution in [1.82, 2.24) is 10.2 Å². The molecule has 2 aromatic rings. The van der Waals surface area contributed by atoms with E-state index in [-0.39, 0.29) is 11.9 Å². The van der Waals surface area contributed by atoms with Gasteiger partial charge in [-0.2, -0.15) is 0 Å². The van der Waals surface area contributed by atoms with E-state index in [0.29, 0.717) is 23.8 Å². The predicted octanol–water partition coefficient (Wildman–Crippen LogP) is 3.05. The lowest BCUT2D eigenvalue weighted by Crippen LogP contribution is -2.53. The Morgan fingerprint density at radius 1 is 1.13 bits per heavy atom. The van der Waals surface area contributed by atoms with E-state index >= 15 is 0 Å². The Morgan fingerprint density at radius 3 is 2.52 bits per heavy atom. The van der Waals surface area contributed by atoms with Crippen molar-refractivity contribution in [2.45, 2.75) is 6.04 Å². The summed E-state index contributed by atoms with van der Waals surface area (Å²) in [7, 11) is 0. The van der Waals surface area contributed by atoms with E-state index in [0.717, 1.165) is 5.56 Å². The Labute approximate surface area is 139 Å². The molecule has 1 heterocycles. The monoisotopic (exact) mass is 329 g/mol. The van der Waals surface area contributed by atoms with Gasteiger partial charge in [-0.3, -0.25) is 4.79 Å². The van der Waals surface area contributed by atoms with Gasteiger partial charge in [0.15, 0.2) is 0 Å². The minimum absolute atomic E-state index is 0.193. The molecule has 5 nitrogen and oxygen atoms in total. The van der Waals surface area contributed by atoms with E-state index in [4.69, 9.17) is 11.6 Å². The van der Waals surface area contributed by atoms with E-state index < -0.39 is 6.04 Å². The highest BCUT2D eigenvalue weighted by Crippen LogP contribution is 2.25. The van der Waals surface area contributed by atoms with Crippen LogP contribution in [0.2, 0.25) is 5.02 Å². The molecule has 0 saturated carbocycles. The molecule has 1 unspecified atom stereocenters. The zero-order valence-electron chi connectivity index (χ0n) is 12.3. The number of halogens is 1. The smallest absolute Gasteiger partial charge is 0.322 e. The van der Waals surface area contributed by atoms with Crippen LogP contribution in [0.25, 0.3) is 0 Å². The van der Waals surface area contributed by atoms with Crippen molar-refractivity contribution in [3.8, 4) is 0 Å². The van der Waals surface area contributed by atoms with E-state index in [1.165, 1.54) is 4.90 Å². The van der Waals surface area contributed by atoms with Gasteiger partial charge in [0.05, 0.1) is 0 Å². The first-order valence-electron chi connectivity index (χ1n) is 7.31. The number of amides is 3. The second-order valence-electron chi connectivity index (χ2n) is 5.23. The topological polar surface area (TPSA) is 61.4 Å². The highest BCUT2D eigenvalue weighted by Gasteiger charge is 2.34. The molecular formula is C17H16ClN3O2. The van der Waals surface area contributed by atoms with Crippen molar-refractivity contribution in [3.05, 3.63) is 65.2 Å². The molecule has 2 N–H and O–H groups in total. The minimum atomic E-state index is -0.662. The van der Waals surface area contributed by atoms with Crippen LogP contribution in [0, 0.1) is 0 Å². The van der Waals surface area contributed by atoms with Gasteiger partial charge in [-0.15, -0.1) is 0 Å². The SMILES string of the molecule is O=C1NCCN(C(=O)Nc2ccccc2)C1c1ccc(Cl)cc1. The standard InChI is InChI=1S/C17H16ClN3O2/c18-13-8-6-12(7-9-13)15-16(22)19-10-11-21(15)17(23)20-14-4-2-1-3-5-14/h1-9,15H,10-11H2,(H,19,22)(H,20,23). The van der Waals surface area contributed by atoms with E-state index in [9.17, 15) is 9.59 Å². The zero-order chi connectivity index (χ0) is 16.2. The lowest BCUT2D eigenvalue weighted by Gasteiger charge is -2.35. The van der Waals surface area contributed by atoms with Crippen LogP contribution in [-0.2, 0) is 4.79 Å².